The standard InChI is InChI=1S/C29H30BrN5O/c30-22-15-13-21(14-16-22)27-25-26(20-8-3-1-4-9-20)33-35(23-10-5-2-6-11-23)28(25)29(36)34(27)19-7-12-24-31-17-18-32-24/h1,3-4,8-9,13-18,23,27H,2,5-7,10-12,19H2,(H,31,32). The molecule has 0 radical (unpaired) electrons. The largest absolute Gasteiger partial charge is 0.349 e. The molecule has 1 atom stereocenters. The summed E-state index contributed by atoms with van der Waals surface area (Å²) < 4.78 is 3.12. The van der Waals surface area contributed by atoms with Crippen LogP contribution in [0.3, 0.4) is 0 Å². The molecular weight excluding hydrogens is 514 g/mol. The lowest BCUT2D eigenvalue weighted by molar-refractivity contribution is 0.0732. The second-order valence-electron chi connectivity index (χ2n) is 9.81. The minimum Gasteiger partial charge on any atom is -0.349 e. The molecule has 0 bridgehead atoms. The van der Waals surface area contributed by atoms with Crippen molar-refractivity contribution in [1.29, 1.82) is 0 Å². The van der Waals surface area contributed by atoms with E-state index in [0.717, 1.165) is 64.1 Å². The third-order valence-electron chi connectivity index (χ3n) is 7.52. The highest BCUT2D eigenvalue weighted by molar-refractivity contribution is 9.10. The molecule has 6 nitrogen and oxygen atoms in total. The van der Waals surface area contributed by atoms with Gasteiger partial charge in [-0.3, -0.25) is 9.48 Å². The molecule has 184 valence electrons. The molecule has 6 rings (SSSR count). The summed E-state index contributed by atoms with van der Waals surface area (Å²) in [5.74, 6) is 1.05. The number of nitrogens with one attached hydrogen (secondary N) is 1. The lowest BCUT2D eigenvalue weighted by Gasteiger charge is -2.27. The number of H-pyrrole nitrogens is 1. The van der Waals surface area contributed by atoms with Gasteiger partial charge in [-0.15, -0.1) is 0 Å². The molecule has 1 amide bonds. The van der Waals surface area contributed by atoms with Crippen LogP contribution in [0.1, 0.15) is 78.0 Å². The van der Waals surface area contributed by atoms with Crippen molar-refractivity contribution in [2.45, 2.75) is 57.0 Å². The first-order valence-corrected chi connectivity index (χ1v) is 13.7. The first kappa shape index (κ1) is 23.2. The first-order valence-electron chi connectivity index (χ1n) is 12.9. The van der Waals surface area contributed by atoms with E-state index in [4.69, 9.17) is 5.10 Å². The zero-order valence-corrected chi connectivity index (χ0v) is 21.8. The number of nitrogens with zero attached hydrogens (tertiary/aromatic N) is 4. The van der Waals surface area contributed by atoms with Crippen molar-refractivity contribution in [2.24, 2.45) is 0 Å². The maximum Gasteiger partial charge on any atom is 0.273 e. The summed E-state index contributed by atoms with van der Waals surface area (Å²) in [5, 5.41) is 5.17. The van der Waals surface area contributed by atoms with Crippen LogP contribution < -0.4 is 0 Å². The Bertz CT molecular complexity index is 1320. The maximum absolute atomic E-state index is 14.2. The van der Waals surface area contributed by atoms with Crippen LogP contribution in [0.4, 0.5) is 0 Å². The van der Waals surface area contributed by atoms with Crippen molar-refractivity contribution in [3.05, 3.63) is 94.1 Å². The van der Waals surface area contributed by atoms with Crippen molar-refractivity contribution >= 4 is 21.8 Å². The Hall–Kier alpha value is -3.19. The summed E-state index contributed by atoms with van der Waals surface area (Å²) in [6, 6.07) is 18.8. The summed E-state index contributed by atoms with van der Waals surface area (Å²) in [4.78, 5) is 23.8. The highest BCUT2D eigenvalue weighted by Gasteiger charge is 2.44. The second-order valence-corrected chi connectivity index (χ2v) is 10.7. The number of benzene rings is 2. The monoisotopic (exact) mass is 543 g/mol. The van der Waals surface area contributed by atoms with Gasteiger partial charge < -0.3 is 9.88 Å². The molecule has 0 spiro atoms. The number of aryl methyl sites for hydroxylation is 1. The Morgan fingerprint density at radius 3 is 2.50 bits per heavy atom. The van der Waals surface area contributed by atoms with E-state index >= 15 is 0 Å². The number of carbonyl (C=O) groups excluding carboxylic acids is 1. The minimum absolute atomic E-state index is 0.0950. The lowest BCUT2D eigenvalue weighted by atomic mass is 9.94. The van der Waals surface area contributed by atoms with Crippen LogP contribution in [0.2, 0.25) is 0 Å². The Morgan fingerprint density at radius 2 is 1.78 bits per heavy atom. The Balaban J connectivity index is 1.46. The van der Waals surface area contributed by atoms with E-state index in [9.17, 15) is 4.79 Å². The van der Waals surface area contributed by atoms with E-state index in [0.29, 0.717) is 6.54 Å². The molecule has 2 aromatic carbocycles. The van der Waals surface area contributed by atoms with E-state index < -0.39 is 0 Å². The fourth-order valence-electron chi connectivity index (χ4n) is 5.80. The Labute approximate surface area is 219 Å². The van der Waals surface area contributed by atoms with Crippen molar-refractivity contribution in [3.63, 3.8) is 0 Å². The van der Waals surface area contributed by atoms with Gasteiger partial charge in [-0.2, -0.15) is 5.10 Å². The summed E-state index contributed by atoms with van der Waals surface area (Å²) in [5.41, 5.74) is 4.95. The van der Waals surface area contributed by atoms with Crippen LogP contribution in [-0.4, -0.2) is 37.1 Å². The van der Waals surface area contributed by atoms with Crippen LogP contribution in [0.15, 0.2) is 71.5 Å². The normalized spacial score (nSPS) is 18.1. The summed E-state index contributed by atoms with van der Waals surface area (Å²) in [6.45, 7) is 0.661. The van der Waals surface area contributed by atoms with Gasteiger partial charge in [-0.1, -0.05) is 77.7 Å². The minimum atomic E-state index is -0.162. The van der Waals surface area contributed by atoms with Crippen molar-refractivity contribution in [2.75, 3.05) is 6.54 Å². The van der Waals surface area contributed by atoms with E-state index in [-0.39, 0.29) is 18.0 Å². The fourth-order valence-corrected chi connectivity index (χ4v) is 6.07. The zero-order chi connectivity index (χ0) is 24.5. The molecule has 1 fully saturated rings. The van der Waals surface area contributed by atoms with Crippen LogP contribution in [0.5, 0.6) is 0 Å². The van der Waals surface area contributed by atoms with Gasteiger partial charge in [-0.25, -0.2) is 4.98 Å². The number of fused-ring (bicyclic) bond motifs is 1. The highest BCUT2D eigenvalue weighted by atomic mass is 79.9. The van der Waals surface area contributed by atoms with Crippen molar-refractivity contribution < 1.29 is 4.79 Å². The van der Waals surface area contributed by atoms with Crippen LogP contribution in [0.25, 0.3) is 11.3 Å². The van der Waals surface area contributed by atoms with Crippen molar-refractivity contribution in [3.8, 4) is 11.3 Å². The number of rotatable bonds is 7. The number of imidazole rings is 1. The number of halogens is 1. The predicted molar refractivity (Wildman–Crippen MR) is 144 cm³/mol. The van der Waals surface area contributed by atoms with Crippen LogP contribution >= 0.6 is 15.9 Å². The molecule has 1 N–H and O–H groups in total. The van der Waals surface area contributed by atoms with Gasteiger partial charge in [-0.05, 0) is 37.0 Å². The molecule has 7 heteroatoms. The number of aromatic nitrogens is 4. The molecule has 1 unspecified atom stereocenters. The molecule has 2 aromatic heterocycles. The molecule has 1 aliphatic carbocycles. The quantitative estimate of drug-likeness (QED) is 0.281. The SMILES string of the molecule is O=C1c2c(c(-c3ccccc3)nn2C2CCCCC2)C(c2ccc(Br)cc2)N1CCCc1ncc[nH]1. The third-order valence-corrected chi connectivity index (χ3v) is 8.05. The molecule has 4 aromatic rings. The van der Waals surface area contributed by atoms with E-state index in [1.807, 2.05) is 24.4 Å². The number of carbonyl (C=O) groups is 1. The second kappa shape index (κ2) is 10.1. The predicted octanol–water partition coefficient (Wildman–Crippen LogP) is 6.72. The molecule has 0 saturated heterocycles. The van der Waals surface area contributed by atoms with Gasteiger partial charge in [0.25, 0.3) is 5.91 Å². The average molecular weight is 544 g/mol. The first-order chi connectivity index (χ1) is 17.7. The zero-order valence-electron chi connectivity index (χ0n) is 20.2. The van der Waals surface area contributed by atoms with E-state index in [2.05, 4.69) is 71.9 Å². The lowest BCUT2D eigenvalue weighted by Crippen LogP contribution is -2.32. The van der Waals surface area contributed by atoms with E-state index in [1.165, 1.54) is 19.3 Å². The molecule has 1 saturated carbocycles. The number of hydrogen-bond donors (Lipinski definition) is 1. The molecule has 3 heterocycles. The topological polar surface area (TPSA) is 66.8 Å². The van der Waals surface area contributed by atoms with Gasteiger partial charge in [0.05, 0.1) is 17.8 Å². The third kappa shape index (κ3) is 4.30. The number of amides is 1. The summed E-state index contributed by atoms with van der Waals surface area (Å²) in [6.07, 6.45) is 11.1. The fraction of sp³-hybridized carbons (Fsp3) is 0.345. The van der Waals surface area contributed by atoms with Crippen LogP contribution in [-0.2, 0) is 6.42 Å². The van der Waals surface area contributed by atoms with Gasteiger partial charge in [0.15, 0.2) is 0 Å². The smallest absolute Gasteiger partial charge is 0.273 e. The van der Waals surface area contributed by atoms with Crippen molar-refractivity contribution in [1.82, 2.24) is 24.6 Å². The number of aromatic amines is 1. The molecule has 36 heavy (non-hydrogen) atoms. The maximum atomic E-state index is 14.2. The summed E-state index contributed by atoms with van der Waals surface area (Å²) in [7, 11) is 0. The van der Waals surface area contributed by atoms with E-state index in [1.54, 1.807) is 6.20 Å². The Kier molecular flexibility index (Phi) is 6.48. The molecular formula is C29H30BrN5O. The number of hydrogen-bond acceptors (Lipinski definition) is 3. The highest BCUT2D eigenvalue weighted by Crippen LogP contribution is 2.46. The summed E-state index contributed by atoms with van der Waals surface area (Å²) >= 11 is 3.58. The van der Waals surface area contributed by atoms with Gasteiger partial charge in [0.1, 0.15) is 11.5 Å². The van der Waals surface area contributed by atoms with Crippen LogP contribution in [0, 0.1) is 0 Å². The Morgan fingerprint density at radius 1 is 1.00 bits per heavy atom. The average Bonchev–Trinajstić information content (AvgIpc) is 3.64. The molecule has 1 aliphatic heterocycles. The molecule has 2 aliphatic rings. The van der Waals surface area contributed by atoms with Gasteiger partial charge in [0.2, 0.25) is 0 Å². The van der Waals surface area contributed by atoms with Gasteiger partial charge >= 0.3 is 0 Å². The van der Waals surface area contributed by atoms with Gasteiger partial charge in [0, 0.05) is 41.0 Å².